The Morgan fingerprint density at radius 3 is 1.09 bits per heavy atom. The van der Waals surface area contributed by atoms with Gasteiger partial charge in [-0.25, -0.2) is 0 Å². The smallest absolute Gasteiger partial charge is 0.265 e. The molecular weight excluding hydrogens is 610 g/mol. The van der Waals surface area contributed by atoms with E-state index >= 15 is 0 Å². The first-order valence-corrected chi connectivity index (χ1v) is 7.39. The number of amides is 1. The molecule has 0 aromatic heterocycles. The molecule has 0 aromatic carbocycles. The van der Waals surface area contributed by atoms with Crippen molar-refractivity contribution in [2.24, 2.45) is 0 Å². The van der Waals surface area contributed by atoms with E-state index in [2.05, 4.69) is 0 Å². The van der Waals surface area contributed by atoms with Crippen LogP contribution in [-0.4, -0.2) is 63.6 Å². The summed E-state index contributed by atoms with van der Waals surface area (Å²) < 4.78 is 255. The molecule has 0 heterocycles. The molecule has 0 rings (SSSR count). The lowest BCUT2D eigenvalue weighted by molar-refractivity contribution is -0.438. The van der Waals surface area contributed by atoms with Gasteiger partial charge in [0.1, 0.15) is 0 Å². The minimum Gasteiger partial charge on any atom is -0.265 e. The molecular formula is C10BrF20NO. The van der Waals surface area contributed by atoms with Crippen LogP contribution in [0.15, 0.2) is 0 Å². The molecule has 0 atom stereocenters. The maximum absolute atomic E-state index is 13.3. The predicted octanol–water partition coefficient (Wildman–Crippen LogP) is 6.65. The molecule has 0 aliphatic rings. The van der Waals surface area contributed by atoms with Gasteiger partial charge in [0.25, 0.3) is 0 Å². The fourth-order valence-electron chi connectivity index (χ4n) is 1.45. The van der Waals surface area contributed by atoms with E-state index in [9.17, 15) is 92.7 Å². The maximum atomic E-state index is 13.3. The van der Waals surface area contributed by atoms with Crippen LogP contribution in [0.1, 0.15) is 0 Å². The van der Waals surface area contributed by atoms with Gasteiger partial charge in [-0.15, -0.1) is 0 Å². The van der Waals surface area contributed by atoms with E-state index in [4.69, 9.17) is 0 Å². The molecule has 0 radical (unpaired) electrons. The number of nitrogens with zero attached hydrogens (tertiary/aromatic N) is 1. The highest BCUT2D eigenvalue weighted by Crippen LogP contribution is 2.61. The maximum Gasteiger partial charge on any atom is 0.460 e. The van der Waals surface area contributed by atoms with E-state index in [-0.39, 0.29) is 0 Å². The zero-order valence-corrected chi connectivity index (χ0v) is 15.4. The zero-order valence-electron chi connectivity index (χ0n) is 13.8. The lowest BCUT2D eigenvalue weighted by Crippen LogP contribution is -2.73. The SMILES string of the molecule is O=C(N(F)C(F)(F)C(F)(F)C(F)(F)Br)C(F)(F)C(F)(F)C(F)(F)C(F)(F)C(F)(F)C(F)(F)F. The summed E-state index contributed by atoms with van der Waals surface area (Å²) in [5.41, 5.74) is 0. The van der Waals surface area contributed by atoms with Crippen molar-refractivity contribution in [3.05, 3.63) is 0 Å². The number of rotatable bonds is 8. The number of hydrogen-bond acceptors (Lipinski definition) is 1. The number of halogens is 21. The van der Waals surface area contributed by atoms with Gasteiger partial charge in [0.2, 0.25) is 0 Å². The topological polar surface area (TPSA) is 20.3 Å². The Hall–Kier alpha value is -1.45. The van der Waals surface area contributed by atoms with E-state index in [0.717, 1.165) is 0 Å². The third kappa shape index (κ3) is 4.14. The van der Waals surface area contributed by atoms with E-state index in [1.807, 2.05) is 0 Å². The Bertz CT molecular complexity index is 749. The normalized spacial score (nSPS) is 16.2. The van der Waals surface area contributed by atoms with Crippen LogP contribution in [0.3, 0.4) is 0 Å². The fourth-order valence-corrected chi connectivity index (χ4v) is 1.69. The van der Waals surface area contributed by atoms with E-state index < -0.39 is 63.6 Å². The average Bonchev–Trinajstić information content (AvgIpc) is 2.57. The van der Waals surface area contributed by atoms with Crippen LogP contribution in [0.5, 0.6) is 0 Å². The first-order valence-electron chi connectivity index (χ1n) is 6.60. The van der Waals surface area contributed by atoms with Crippen LogP contribution in [0.2, 0.25) is 0 Å². The van der Waals surface area contributed by atoms with Gasteiger partial charge in [-0.2, -0.15) is 83.4 Å². The predicted molar refractivity (Wildman–Crippen MR) is 62.5 cm³/mol. The van der Waals surface area contributed by atoms with Gasteiger partial charge in [0.05, 0.1) is 0 Å². The minimum absolute atomic E-state index is 0.429. The van der Waals surface area contributed by atoms with Crippen LogP contribution in [0.25, 0.3) is 0 Å². The molecule has 0 saturated carbocycles. The van der Waals surface area contributed by atoms with Crippen molar-refractivity contribution < 1.29 is 92.7 Å². The second-order valence-corrected chi connectivity index (χ2v) is 6.57. The monoisotopic (exact) mass is 609 g/mol. The van der Waals surface area contributed by atoms with Crippen molar-refractivity contribution in [3.8, 4) is 0 Å². The molecule has 0 fully saturated rings. The molecule has 33 heavy (non-hydrogen) atoms. The molecule has 1 amide bonds. The Morgan fingerprint density at radius 2 is 0.818 bits per heavy atom. The van der Waals surface area contributed by atoms with Crippen molar-refractivity contribution in [1.29, 1.82) is 0 Å². The Balaban J connectivity index is 6.67. The van der Waals surface area contributed by atoms with Gasteiger partial charge in [-0.05, 0) is 15.9 Å². The van der Waals surface area contributed by atoms with E-state index in [1.165, 1.54) is 0 Å². The van der Waals surface area contributed by atoms with Gasteiger partial charge in [-0.1, -0.05) is 9.60 Å². The summed E-state index contributed by atoms with van der Waals surface area (Å²) in [6.45, 7) is 0. The number of hydrogen-bond donors (Lipinski definition) is 0. The van der Waals surface area contributed by atoms with Crippen molar-refractivity contribution >= 4 is 21.8 Å². The highest BCUT2D eigenvalue weighted by molar-refractivity contribution is 9.10. The molecule has 2 nitrogen and oxygen atoms in total. The number of carbonyl (C=O) groups excluding carboxylic acids is 1. The summed E-state index contributed by atoms with van der Waals surface area (Å²) in [6, 6.07) is -7.68. The van der Waals surface area contributed by atoms with Crippen LogP contribution in [0.4, 0.5) is 87.9 Å². The summed E-state index contributed by atoms with van der Waals surface area (Å²) in [6.07, 6.45) is -7.89. The molecule has 0 N–H and O–H groups in total. The van der Waals surface area contributed by atoms with Crippen LogP contribution in [0, 0.1) is 0 Å². The summed E-state index contributed by atoms with van der Waals surface area (Å²) in [5, 5.41) is -4.26. The van der Waals surface area contributed by atoms with Crippen LogP contribution >= 0.6 is 15.9 Å². The molecule has 0 saturated heterocycles. The number of carbonyl (C=O) groups is 1. The largest absolute Gasteiger partial charge is 0.460 e. The summed E-state index contributed by atoms with van der Waals surface area (Å²) in [4.78, 5) is 4.33. The molecule has 0 aliphatic heterocycles. The van der Waals surface area contributed by atoms with Crippen molar-refractivity contribution in [2.45, 2.75) is 52.6 Å². The average molecular weight is 610 g/mol. The molecule has 0 aliphatic carbocycles. The zero-order chi connectivity index (χ0) is 27.7. The third-order valence-corrected chi connectivity index (χ3v) is 3.86. The highest BCUT2D eigenvalue weighted by Gasteiger charge is 2.92. The summed E-state index contributed by atoms with van der Waals surface area (Å²) in [7, 11) is 0. The second-order valence-electron chi connectivity index (χ2n) is 5.57. The second kappa shape index (κ2) is 7.78. The molecule has 0 aromatic rings. The summed E-state index contributed by atoms with van der Waals surface area (Å²) >= 11 is 0.429. The quantitative estimate of drug-likeness (QED) is 0.131. The molecule has 23 heteroatoms. The fraction of sp³-hybridized carbons (Fsp3) is 0.900. The van der Waals surface area contributed by atoms with Crippen molar-refractivity contribution in [1.82, 2.24) is 5.12 Å². The van der Waals surface area contributed by atoms with Crippen molar-refractivity contribution in [3.63, 3.8) is 0 Å². The first-order chi connectivity index (χ1) is 13.8. The van der Waals surface area contributed by atoms with Crippen molar-refractivity contribution in [2.75, 3.05) is 0 Å². The minimum atomic E-state index is -8.77. The molecule has 0 spiro atoms. The molecule has 0 bridgehead atoms. The summed E-state index contributed by atoms with van der Waals surface area (Å²) in [5.74, 6) is -55.5. The standard InChI is InChI=1S/C10BrF20NO/c11-8(24,25)7(22,23)10(29,30)32(31)1(33)2(12,13)3(14,15)4(16,17)5(18,19)6(20,21)9(26,27)28. The highest BCUT2D eigenvalue weighted by atomic mass is 79.9. The van der Waals surface area contributed by atoms with E-state index in [0.29, 0.717) is 15.9 Å². The van der Waals surface area contributed by atoms with Gasteiger partial charge >= 0.3 is 58.5 Å². The van der Waals surface area contributed by atoms with Gasteiger partial charge in [0, 0.05) is 0 Å². The van der Waals surface area contributed by atoms with Crippen LogP contribution < -0.4 is 0 Å². The molecule has 198 valence electrons. The Kier molecular flexibility index (Phi) is 7.44. The number of alkyl halides is 20. The van der Waals surface area contributed by atoms with Gasteiger partial charge < -0.3 is 0 Å². The lowest BCUT2D eigenvalue weighted by atomic mass is 9.93. The van der Waals surface area contributed by atoms with Gasteiger partial charge in [-0.3, -0.25) is 4.79 Å². The molecule has 0 unspecified atom stereocenters. The van der Waals surface area contributed by atoms with E-state index in [1.54, 1.807) is 0 Å². The lowest BCUT2D eigenvalue weighted by Gasteiger charge is -2.40. The Labute approximate surface area is 173 Å². The third-order valence-electron chi connectivity index (χ3n) is 3.36. The Morgan fingerprint density at radius 1 is 0.515 bits per heavy atom. The first kappa shape index (κ1) is 31.6. The van der Waals surface area contributed by atoms with Gasteiger partial charge in [0.15, 0.2) is 0 Å². The van der Waals surface area contributed by atoms with Crippen LogP contribution in [-0.2, 0) is 4.79 Å².